The van der Waals surface area contributed by atoms with E-state index in [-0.39, 0.29) is 0 Å². The van der Waals surface area contributed by atoms with E-state index in [4.69, 9.17) is 0 Å². The fourth-order valence-electron chi connectivity index (χ4n) is 2.39. The smallest absolute Gasteiger partial charge is 0.242 e. The molecule has 1 N–H and O–H groups in total. The summed E-state index contributed by atoms with van der Waals surface area (Å²) < 4.78 is 25.4. The summed E-state index contributed by atoms with van der Waals surface area (Å²) in [6, 6.07) is 11.1. The Morgan fingerprint density at radius 2 is 1.85 bits per heavy atom. The van der Waals surface area contributed by atoms with Crippen molar-refractivity contribution in [3.05, 3.63) is 52.2 Å². The number of thiophene rings is 1. The molecule has 0 bridgehead atoms. The Kier molecular flexibility index (Phi) is 7.19. The first-order chi connectivity index (χ1) is 12.3. The van der Waals surface area contributed by atoms with Crippen LogP contribution in [0.3, 0.4) is 0 Å². The zero-order valence-electron chi connectivity index (χ0n) is 15.6. The number of rotatable bonds is 7. The van der Waals surface area contributed by atoms with E-state index in [1.54, 1.807) is 30.5 Å². The summed E-state index contributed by atoms with van der Waals surface area (Å²) in [4.78, 5) is 8.05. The van der Waals surface area contributed by atoms with Gasteiger partial charge in [-0.2, -0.15) is 0 Å². The number of nitrogens with one attached hydrogen (secondary N) is 1. The van der Waals surface area contributed by atoms with Crippen molar-refractivity contribution in [1.29, 1.82) is 0 Å². The molecule has 1 aromatic heterocycles. The van der Waals surface area contributed by atoms with Crippen molar-refractivity contribution >= 4 is 27.3 Å². The molecule has 0 radical (unpaired) electrons. The standard InChI is InChI=1S/C18H26N4O2S2/c1-19-18(22(4)12-11-16-6-5-13-25-16)20-14-15-7-9-17(10-8-15)26(23,24)21(2)3/h5-10,13H,11-12,14H2,1-4H3,(H,19,20). The maximum Gasteiger partial charge on any atom is 0.242 e. The van der Waals surface area contributed by atoms with E-state index in [9.17, 15) is 8.42 Å². The lowest BCUT2D eigenvalue weighted by molar-refractivity contribution is 0.486. The second kappa shape index (κ2) is 9.16. The van der Waals surface area contributed by atoms with Gasteiger partial charge in [-0.15, -0.1) is 11.3 Å². The molecule has 0 aliphatic rings. The third-order valence-corrected chi connectivity index (χ3v) is 6.77. The molecule has 142 valence electrons. The Morgan fingerprint density at radius 1 is 1.15 bits per heavy atom. The number of hydrogen-bond donors (Lipinski definition) is 1. The van der Waals surface area contributed by atoms with Gasteiger partial charge in [-0.3, -0.25) is 4.99 Å². The van der Waals surface area contributed by atoms with Crippen molar-refractivity contribution in [2.24, 2.45) is 4.99 Å². The molecule has 0 saturated carbocycles. The van der Waals surface area contributed by atoms with Gasteiger partial charge in [0.15, 0.2) is 5.96 Å². The van der Waals surface area contributed by atoms with Gasteiger partial charge in [-0.05, 0) is 35.6 Å². The zero-order chi connectivity index (χ0) is 19.2. The van der Waals surface area contributed by atoms with Crippen LogP contribution < -0.4 is 5.32 Å². The van der Waals surface area contributed by atoms with Gasteiger partial charge in [0.1, 0.15) is 0 Å². The molecular formula is C18H26N4O2S2. The Bertz CT molecular complexity index is 813. The first-order valence-electron chi connectivity index (χ1n) is 8.30. The SMILES string of the molecule is CN=C(NCc1ccc(S(=O)(=O)N(C)C)cc1)N(C)CCc1cccs1. The third-order valence-electron chi connectivity index (χ3n) is 4.00. The van der Waals surface area contributed by atoms with Crippen LogP contribution in [0, 0.1) is 0 Å². The number of hydrogen-bond acceptors (Lipinski definition) is 4. The van der Waals surface area contributed by atoms with Gasteiger partial charge in [0.25, 0.3) is 0 Å². The van der Waals surface area contributed by atoms with Gasteiger partial charge < -0.3 is 10.2 Å². The summed E-state index contributed by atoms with van der Waals surface area (Å²) in [5.74, 6) is 0.812. The predicted molar refractivity (Wildman–Crippen MR) is 108 cm³/mol. The van der Waals surface area contributed by atoms with Gasteiger partial charge >= 0.3 is 0 Å². The number of likely N-dealkylation sites (N-methyl/N-ethyl adjacent to an activating group) is 1. The van der Waals surface area contributed by atoms with Crippen LogP contribution in [-0.2, 0) is 23.0 Å². The molecule has 1 aromatic carbocycles. The highest BCUT2D eigenvalue weighted by Crippen LogP contribution is 2.14. The van der Waals surface area contributed by atoms with Crippen molar-refractivity contribution < 1.29 is 8.42 Å². The summed E-state index contributed by atoms with van der Waals surface area (Å²) in [6.45, 7) is 1.46. The molecule has 8 heteroatoms. The maximum absolute atomic E-state index is 12.1. The Labute approximate surface area is 160 Å². The van der Waals surface area contributed by atoms with Crippen molar-refractivity contribution in [2.75, 3.05) is 34.7 Å². The van der Waals surface area contributed by atoms with E-state index in [2.05, 4.69) is 32.7 Å². The van der Waals surface area contributed by atoms with Crippen LogP contribution in [0.1, 0.15) is 10.4 Å². The van der Waals surface area contributed by atoms with E-state index in [1.165, 1.54) is 23.3 Å². The van der Waals surface area contributed by atoms with Gasteiger partial charge in [0.2, 0.25) is 10.0 Å². The minimum Gasteiger partial charge on any atom is -0.352 e. The summed E-state index contributed by atoms with van der Waals surface area (Å²) in [5, 5.41) is 5.40. The first-order valence-corrected chi connectivity index (χ1v) is 10.6. The molecular weight excluding hydrogens is 368 g/mol. The third kappa shape index (κ3) is 5.30. The lowest BCUT2D eigenvalue weighted by Gasteiger charge is -2.22. The number of sulfonamides is 1. The molecule has 1 heterocycles. The number of aliphatic imine (C=N–C) groups is 1. The predicted octanol–water partition coefficient (Wildman–Crippen LogP) is 2.25. The fraction of sp³-hybridized carbons (Fsp3) is 0.389. The van der Waals surface area contributed by atoms with Gasteiger partial charge in [-0.1, -0.05) is 18.2 Å². The largest absolute Gasteiger partial charge is 0.352 e. The zero-order valence-corrected chi connectivity index (χ0v) is 17.3. The van der Waals surface area contributed by atoms with Crippen LogP contribution in [0.4, 0.5) is 0 Å². The lowest BCUT2D eigenvalue weighted by atomic mass is 10.2. The number of guanidine groups is 1. The fourth-order valence-corrected chi connectivity index (χ4v) is 3.99. The highest BCUT2D eigenvalue weighted by molar-refractivity contribution is 7.89. The topological polar surface area (TPSA) is 65.0 Å². The van der Waals surface area contributed by atoms with E-state index < -0.39 is 10.0 Å². The minimum atomic E-state index is -3.39. The van der Waals surface area contributed by atoms with Gasteiger partial charge in [0.05, 0.1) is 4.90 Å². The number of benzene rings is 1. The Hall–Kier alpha value is -1.90. The van der Waals surface area contributed by atoms with Crippen molar-refractivity contribution in [3.63, 3.8) is 0 Å². The molecule has 0 spiro atoms. The van der Waals surface area contributed by atoms with Crippen molar-refractivity contribution in [3.8, 4) is 0 Å². The molecule has 2 rings (SSSR count). The number of nitrogens with zero attached hydrogens (tertiary/aromatic N) is 3. The molecule has 0 unspecified atom stereocenters. The molecule has 0 amide bonds. The normalized spacial score (nSPS) is 12.4. The van der Waals surface area contributed by atoms with Crippen LogP contribution in [0.15, 0.2) is 51.7 Å². The highest BCUT2D eigenvalue weighted by Gasteiger charge is 2.16. The summed E-state index contributed by atoms with van der Waals surface area (Å²) in [6.07, 6.45) is 0.978. The average Bonchev–Trinajstić information content (AvgIpc) is 3.14. The van der Waals surface area contributed by atoms with E-state index in [1.807, 2.05) is 19.2 Å². The van der Waals surface area contributed by atoms with E-state index in [0.29, 0.717) is 11.4 Å². The van der Waals surface area contributed by atoms with Gasteiger partial charge in [0, 0.05) is 46.2 Å². The molecule has 0 aliphatic carbocycles. The van der Waals surface area contributed by atoms with Crippen LogP contribution in [0.2, 0.25) is 0 Å². The van der Waals surface area contributed by atoms with E-state index in [0.717, 1.165) is 24.5 Å². The Morgan fingerprint density at radius 3 is 2.38 bits per heavy atom. The average molecular weight is 395 g/mol. The maximum atomic E-state index is 12.1. The minimum absolute atomic E-state index is 0.295. The van der Waals surface area contributed by atoms with Gasteiger partial charge in [-0.25, -0.2) is 12.7 Å². The molecule has 2 aromatic rings. The van der Waals surface area contributed by atoms with Crippen LogP contribution >= 0.6 is 11.3 Å². The van der Waals surface area contributed by atoms with Crippen molar-refractivity contribution in [1.82, 2.24) is 14.5 Å². The first kappa shape index (κ1) is 20.4. The van der Waals surface area contributed by atoms with Crippen LogP contribution in [0.5, 0.6) is 0 Å². The molecule has 0 aliphatic heterocycles. The molecule has 0 fully saturated rings. The lowest BCUT2D eigenvalue weighted by Crippen LogP contribution is -2.39. The molecule has 26 heavy (non-hydrogen) atoms. The molecule has 6 nitrogen and oxygen atoms in total. The highest BCUT2D eigenvalue weighted by atomic mass is 32.2. The second-order valence-corrected chi connectivity index (χ2v) is 9.27. The summed E-state index contributed by atoms with van der Waals surface area (Å²) >= 11 is 1.76. The van der Waals surface area contributed by atoms with Crippen LogP contribution in [-0.4, -0.2) is 58.3 Å². The second-order valence-electron chi connectivity index (χ2n) is 6.08. The Balaban J connectivity index is 1.91. The summed E-state index contributed by atoms with van der Waals surface area (Å²) in [5.41, 5.74) is 0.996. The quantitative estimate of drug-likeness (QED) is 0.578. The van der Waals surface area contributed by atoms with E-state index >= 15 is 0 Å². The monoisotopic (exact) mass is 394 g/mol. The summed E-state index contributed by atoms with van der Waals surface area (Å²) in [7, 11) is 3.44. The molecule has 0 saturated heterocycles. The van der Waals surface area contributed by atoms with Crippen molar-refractivity contribution in [2.45, 2.75) is 17.9 Å². The van der Waals surface area contributed by atoms with Crippen LogP contribution in [0.25, 0.3) is 0 Å². The molecule has 0 atom stereocenters.